The predicted octanol–water partition coefficient (Wildman–Crippen LogP) is 3.73. The number of esters is 1. The minimum atomic E-state index is -1.03. The number of rotatable bonds is 6. The molecule has 144 valence electrons. The van der Waals surface area contributed by atoms with Gasteiger partial charge in [0.2, 0.25) is 0 Å². The van der Waals surface area contributed by atoms with Gasteiger partial charge in [0.15, 0.2) is 5.69 Å². The van der Waals surface area contributed by atoms with E-state index in [1.807, 2.05) is 12.1 Å². The van der Waals surface area contributed by atoms with Crippen LogP contribution < -0.4 is 4.74 Å². The Hall–Kier alpha value is -3.61. The zero-order chi connectivity index (χ0) is 20.3. The van der Waals surface area contributed by atoms with Gasteiger partial charge in [0.25, 0.3) is 0 Å². The summed E-state index contributed by atoms with van der Waals surface area (Å²) in [7, 11) is 1.58. The van der Waals surface area contributed by atoms with Gasteiger partial charge in [-0.2, -0.15) is 0 Å². The second kappa shape index (κ2) is 7.96. The molecule has 0 aliphatic rings. The van der Waals surface area contributed by atoms with Crippen molar-refractivity contribution in [2.45, 2.75) is 13.8 Å². The van der Waals surface area contributed by atoms with Gasteiger partial charge in [0.1, 0.15) is 11.6 Å². The number of aromatic nitrogens is 2. The zero-order valence-electron chi connectivity index (χ0n) is 15.8. The first-order valence-corrected chi connectivity index (χ1v) is 8.70. The van der Waals surface area contributed by atoms with Crippen molar-refractivity contribution < 1.29 is 24.2 Å². The van der Waals surface area contributed by atoms with Gasteiger partial charge in [-0.15, -0.1) is 0 Å². The third kappa shape index (κ3) is 3.59. The average molecular weight is 380 g/mol. The highest BCUT2D eigenvalue weighted by molar-refractivity contribution is 5.90. The van der Waals surface area contributed by atoms with E-state index in [4.69, 9.17) is 9.47 Å². The van der Waals surface area contributed by atoms with Gasteiger partial charge in [-0.3, -0.25) is 4.57 Å². The zero-order valence-corrected chi connectivity index (χ0v) is 15.8. The number of aromatic carboxylic acids is 1. The van der Waals surface area contributed by atoms with Gasteiger partial charge in [-0.1, -0.05) is 6.07 Å². The maximum Gasteiger partial charge on any atom is 0.358 e. The molecule has 7 nitrogen and oxygen atoms in total. The van der Waals surface area contributed by atoms with E-state index in [1.54, 1.807) is 55.9 Å². The Morgan fingerprint density at radius 1 is 1.14 bits per heavy atom. The number of carbonyl (C=O) groups is 2. The van der Waals surface area contributed by atoms with Crippen LogP contribution in [0.25, 0.3) is 17.1 Å². The third-order valence-electron chi connectivity index (χ3n) is 4.28. The molecule has 0 amide bonds. The normalized spacial score (nSPS) is 10.5. The molecule has 0 saturated carbocycles. The number of ether oxygens (including phenoxy) is 2. The van der Waals surface area contributed by atoms with Crippen LogP contribution in [0.1, 0.15) is 33.5 Å². The number of carboxylic acids is 1. The summed E-state index contributed by atoms with van der Waals surface area (Å²) in [6, 6.07) is 13.7. The second-order valence-corrected chi connectivity index (χ2v) is 6.01. The van der Waals surface area contributed by atoms with E-state index < -0.39 is 11.9 Å². The fourth-order valence-corrected chi connectivity index (χ4v) is 2.92. The number of imidazole rings is 1. The summed E-state index contributed by atoms with van der Waals surface area (Å²) in [5, 5.41) is 9.32. The Morgan fingerprint density at radius 3 is 2.46 bits per heavy atom. The lowest BCUT2D eigenvalue weighted by Gasteiger charge is -2.11. The summed E-state index contributed by atoms with van der Waals surface area (Å²) in [4.78, 5) is 28.2. The maximum atomic E-state index is 12.4. The van der Waals surface area contributed by atoms with Gasteiger partial charge in [-0.25, -0.2) is 14.6 Å². The molecule has 1 aromatic heterocycles. The van der Waals surface area contributed by atoms with Crippen molar-refractivity contribution in [1.82, 2.24) is 9.55 Å². The molecule has 0 bridgehead atoms. The molecule has 3 aromatic rings. The van der Waals surface area contributed by atoms with Crippen LogP contribution in [-0.2, 0) is 4.74 Å². The Kier molecular flexibility index (Phi) is 5.44. The summed E-state index contributed by atoms with van der Waals surface area (Å²) >= 11 is 0. The number of hydrogen-bond donors (Lipinski definition) is 1. The van der Waals surface area contributed by atoms with E-state index in [0.717, 1.165) is 5.56 Å². The summed E-state index contributed by atoms with van der Waals surface area (Å²) < 4.78 is 12.1. The quantitative estimate of drug-likeness (QED) is 0.655. The molecule has 0 atom stereocenters. The summed E-state index contributed by atoms with van der Waals surface area (Å²) in [6.45, 7) is 3.71. The van der Waals surface area contributed by atoms with Crippen molar-refractivity contribution in [2.24, 2.45) is 0 Å². The van der Waals surface area contributed by atoms with E-state index in [-0.39, 0.29) is 17.9 Å². The molecule has 7 heteroatoms. The standard InChI is InChI=1S/C21H20N2O5/c1-4-28-21(26)18-13(2)23(16-7-5-6-15(12-16)20(24)25)19(22-18)14-8-10-17(27-3)11-9-14/h5-12H,4H2,1-3H3,(H,24,25). The molecule has 0 radical (unpaired) electrons. The highest BCUT2D eigenvalue weighted by Gasteiger charge is 2.23. The highest BCUT2D eigenvalue weighted by Crippen LogP contribution is 2.28. The van der Waals surface area contributed by atoms with E-state index >= 15 is 0 Å². The van der Waals surface area contributed by atoms with Crippen molar-refractivity contribution >= 4 is 11.9 Å². The lowest BCUT2D eigenvalue weighted by Crippen LogP contribution is -2.08. The maximum absolute atomic E-state index is 12.4. The lowest BCUT2D eigenvalue weighted by molar-refractivity contribution is 0.0518. The summed E-state index contributed by atoms with van der Waals surface area (Å²) in [5.41, 5.74) is 2.23. The molecule has 0 unspecified atom stereocenters. The summed E-state index contributed by atoms with van der Waals surface area (Å²) in [5.74, 6) is -0.359. The number of methoxy groups -OCH3 is 1. The molecule has 0 saturated heterocycles. The number of carboxylic acid groups (broad SMARTS) is 1. The van der Waals surface area contributed by atoms with Crippen molar-refractivity contribution in [3.63, 3.8) is 0 Å². The van der Waals surface area contributed by atoms with Gasteiger partial charge in [0, 0.05) is 11.3 Å². The topological polar surface area (TPSA) is 90.7 Å². The Bertz CT molecular complexity index is 1020. The van der Waals surface area contributed by atoms with Crippen molar-refractivity contribution in [3.8, 4) is 22.8 Å². The lowest BCUT2D eigenvalue weighted by atomic mass is 10.1. The van der Waals surface area contributed by atoms with Gasteiger partial charge in [-0.05, 0) is 56.3 Å². The molecule has 0 spiro atoms. The molecule has 0 fully saturated rings. The van der Waals surface area contributed by atoms with Crippen molar-refractivity contribution in [1.29, 1.82) is 0 Å². The third-order valence-corrected chi connectivity index (χ3v) is 4.28. The van der Waals surface area contributed by atoms with Crippen LogP contribution in [0.4, 0.5) is 0 Å². The first-order valence-electron chi connectivity index (χ1n) is 8.70. The number of hydrogen-bond acceptors (Lipinski definition) is 5. The number of nitrogens with zero attached hydrogens (tertiary/aromatic N) is 2. The Balaban J connectivity index is 2.22. The molecule has 0 aliphatic heterocycles. The smallest absolute Gasteiger partial charge is 0.358 e. The van der Waals surface area contributed by atoms with Crippen LogP contribution in [0.2, 0.25) is 0 Å². The summed E-state index contributed by atoms with van der Waals surface area (Å²) in [6.07, 6.45) is 0. The van der Waals surface area contributed by atoms with Crippen LogP contribution >= 0.6 is 0 Å². The van der Waals surface area contributed by atoms with Crippen LogP contribution in [0, 0.1) is 6.92 Å². The molecule has 28 heavy (non-hydrogen) atoms. The van der Waals surface area contributed by atoms with E-state index in [0.29, 0.717) is 23.0 Å². The van der Waals surface area contributed by atoms with Crippen LogP contribution in [0.5, 0.6) is 5.75 Å². The predicted molar refractivity (Wildman–Crippen MR) is 103 cm³/mol. The van der Waals surface area contributed by atoms with E-state index in [1.165, 1.54) is 6.07 Å². The molecule has 2 aromatic carbocycles. The minimum Gasteiger partial charge on any atom is -0.497 e. The molecular weight excluding hydrogens is 360 g/mol. The van der Waals surface area contributed by atoms with Crippen molar-refractivity contribution in [3.05, 3.63) is 65.5 Å². The van der Waals surface area contributed by atoms with E-state index in [2.05, 4.69) is 4.98 Å². The Morgan fingerprint density at radius 2 is 1.86 bits per heavy atom. The first kappa shape index (κ1) is 19.2. The monoisotopic (exact) mass is 380 g/mol. The van der Waals surface area contributed by atoms with Crippen LogP contribution in [0.15, 0.2) is 48.5 Å². The van der Waals surface area contributed by atoms with Crippen LogP contribution in [-0.4, -0.2) is 40.3 Å². The highest BCUT2D eigenvalue weighted by atomic mass is 16.5. The Labute approximate surface area is 162 Å². The molecular formula is C21H20N2O5. The SMILES string of the molecule is CCOC(=O)c1nc(-c2ccc(OC)cc2)n(-c2cccc(C(=O)O)c2)c1C. The number of benzene rings is 2. The fraction of sp³-hybridized carbons (Fsp3) is 0.190. The minimum absolute atomic E-state index is 0.143. The van der Waals surface area contributed by atoms with E-state index in [9.17, 15) is 14.7 Å². The molecule has 3 rings (SSSR count). The average Bonchev–Trinajstić information content (AvgIpc) is 3.05. The molecule has 0 aliphatic carbocycles. The molecule has 1 heterocycles. The first-order chi connectivity index (χ1) is 13.5. The largest absolute Gasteiger partial charge is 0.497 e. The van der Waals surface area contributed by atoms with Gasteiger partial charge < -0.3 is 14.6 Å². The second-order valence-electron chi connectivity index (χ2n) is 6.01. The fourth-order valence-electron chi connectivity index (χ4n) is 2.92. The van der Waals surface area contributed by atoms with Crippen LogP contribution in [0.3, 0.4) is 0 Å². The van der Waals surface area contributed by atoms with Gasteiger partial charge in [0.05, 0.1) is 25.0 Å². The van der Waals surface area contributed by atoms with Crippen molar-refractivity contribution in [2.75, 3.05) is 13.7 Å². The molecule has 1 N–H and O–H groups in total. The number of carbonyl (C=O) groups excluding carboxylic acids is 1. The van der Waals surface area contributed by atoms with Gasteiger partial charge >= 0.3 is 11.9 Å².